The molecule has 0 radical (unpaired) electrons. The van der Waals surface area contributed by atoms with Gasteiger partial charge >= 0.3 is 0 Å². The van der Waals surface area contributed by atoms with Crippen LogP contribution in [0.15, 0.2) is 4.99 Å². The van der Waals surface area contributed by atoms with E-state index < -0.39 is 0 Å². The first-order valence-electron chi connectivity index (χ1n) is 9.05. The van der Waals surface area contributed by atoms with Crippen molar-refractivity contribution in [1.29, 1.82) is 0 Å². The second-order valence-corrected chi connectivity index (χ2v) is 7.67. The third-order valence-electron chi connectivity index (χ3n) is 5.70. The van der Waals surface area contributed by atoms with Crippen LogP contribution in [0, 0.1) is 17.3 Å². The molecule has 23 heavy (non-hydrogen) atoms. The SMILES string of the molecule is CN=C(NCC1(CCOC)CC1)NC1CCC(C(C)C)CC1.I. The van der Waals surface area contributed by atoms with Crippen LogP contribution in [0.1, 0.15) is 58.8 Å². The topological polar surface area (TPSA) is 45.7 Å². The summed E-state index contributed by atoms with van der Waals surface area (Å²) in [5.41, 5.74) is 0.461. The molecule has 5 heteroatoms. The summed E-state index contributed by atoms with van der Waals surface area (Å²) in [6.45, 7) is 6.60. The van der Waals surface area contributed by atoms with E-state index in [1.54, 1.807) is 7.11 Å². The highest BCUT2D eigenvalue weighted by molar-refractivity contribution is 14.0. The third kappa shape index (κ3) is 6.77. The number of ether oxygens (including phenoxy) is 1. The minimum absolute atomic E-state index is 0. The fraction of sp³-hybridized carbons (Fsp3) is 0.944. The molecule has 0 unspecified atom stereocenters. The molecule has 0 atom stereocenters. The molecule has 4 nitrogen and oxygen atoms in total. The summed E-state index contributed by atoms with van der Waals surface area (Å²) in [7, 11) is 3.67. The minimum Gasteiger partial charge on any atom is -0.385 e. The van der Waals surface area contributed by atoms with Crippen LogP contribution < -0.4 is 10.6 Å². The molecule has 0 aromatic rings. The van der Waals surface area contributed by atoms with Crippen LogP contribution in [0.3, 0.4) is 0 Å². The molecular weight excluding hydrogens is 401 g/mol. The van der Waals surface area contributed by atoms with Crippen LogP contribution in [0.2, 0.25) is 0 Å². The predicted molar refractivity (Wildman–Crippen MR) is 109 cm³/mol. The standard InChI is InChI=1S/C18H35N3O.HI/c1-14(2)15-5-7-16(8-6-15)21-17(19-3)20-13-18(9-10-18)11-12-22-4;/h14-16H,5-13H2,1-4H3,(H2,19,20,21);1H. The highest BCUT2D eigenvalue weighted by Crippen LogP contribution is 2.48. The Labute approximate surface area is 159 Å². The Bertz CT molecular complexity index is 361. The van der Waals surface area contributed by atoms with Crippen LogP contribution in [-0.4, -0.2) is 39.3 Å². The van der Waals surface area contributed by atoms with Gasteiger partial charge in [0.25, 0.3) is 0 Å². The predicted octanol–water partition coefficient (Wildman–Crippen LogP) is 3.80. The van der Waals surface area contributed by atoms with Gasteiger partial charge in [-0.25, -0.2) is 0 Å². The monoisotopic (exact) mass is 437 g/mol. The van der Waals surface area contributed by atoms with Gasteiger partial charge in [-0.05, 0) is 62.2 Å². The summed E-state index contributed by atoms with van der Waals surface area (Å²) in [5.74, 6) is 2.72. The Hall–Kier alpha value is -0.0400. The van der Waals surface area contributed by atoms with Crippen LogP contribution in [-0.2, 0) is 4.74 Å². The van der Waals surface area contributed by atoms with Crippen molar-refractivity contribution in [3.8, 4) is 0 Å². The van der Waals surface area contributed by atoms with E-state index in [2.05, 4.69) is 29.5 Å². The van der Waals surface area contributed by atoms with Crippen molar-refractivity contribution in [2.75, 3.05) is 27.3 Å². The van der Waals surface area contributed by atoms with Gasteiger partial charge in [0, 0.05) is 33.4 Å². The number of hydrogen-bond donors (Lipinski definition) is 2. The van der Waals surface area contributed by atoms with Crippen LogP contribution in [0.25, 0.3) is 0 Å². The number of nitrogens with zero attached hydrogens (tertiary/aromatic N) is 1. The molecule has 2 N–H and O–H groups in total. The molecule has 2 rings (SSSR count). The van der Waals surface area contributed by atoms with Crippen molar-refractivity contribution in [1.82, 2.24) is 10.6 Å². The smallest absolute Gasteiger partial charge is 0.191 e. The number of nitrogens with one attached hydrogen (secondary N) is 2. The molecule has 136 valence electrons. The van der Waals surface area contributed by atoms with Gasteiger partial charge in [-0.3, -0.25) is 4.99 Å². The van der Waals surface area contributed by atoms with Gasteiger partial charge in [-0.2, -0.15) is 0 Å². The van der Waals surface area contributed by atoms with Crippen LogP contribution in [0.4, 0.5) is 0 Å². The van der Waals surface area contributed by atoms with Crippen LogP contribution >= 0.6 is 24.0 Å². The molecule has 0 spiro atoms. The number of hydrogen-bond acceptors (Lipinski definition) is 2. The molecule has 2 fully saturated rings. The lowest BCUT2D eigenvalue weighted by Crippen LogP contribution is -2.46. The summed E-state index contributed by atoms with van der Waals surface area (Å²) in [5, 5.41) is 7.17. The van der Waals surface area contributed by atoms with Crippen LogP contribution in [0.5, 0.6) is 0 Å². The van der Waals surface area contributed by atoms with Crippen molar-refractivity contribution in [3.05, 3.63) is 0 Å². The summed E-state index contributed by atoms with van der Waals surface area (Å²) >= 11 is 0. The molecular formula is C18H36IN3O. The highest BCUT2D eigenvalue weighted by Gasteiger charge is 2.42. The van der Waals surface area contributed by atoms with Gasteiger partial charge in [0.05, 0.1) is 0 Å². The van der Waals surface area contributed by atoms with E-state index in [1.807, 2.05) is 7.05 Å². The fourth-order valence-electron chi connectivity index (χ4n) is 3.60. The number of rotatable bonds is 7. The average Bonchev–Trinajstić information content (AvgIpc) is 3.30. The van der Waals surface area contributed by atoms with E-state index in [0.717, 1.165) is 37.4 Å². The summed E-state index contributed by atoms with van der Waals surface area (Å²) in [6, 6.07) is 0.593. The second-order valence-electron chi connectivity index (χ2n) is 7.67. The van der Waals surface area contributed by atoms with E-state index in [0.29, 0.717) is 11.5 Å². The lowest BCUT2D eigenvalue weighted by Gasteiger charge is -2.32. The Balaban J connectivity index is 0.00000264. The molecule has 0 bridgehead atoms. The normalized spacial score (nSPS) is 26.6. The van der Waals surface area contributed by atoms with Gasteiger partial charge in [0.2, 0.25) is 0 Å². The largest absolute Gasteiger partial charge is 0.385 e. The highest BCUT2D eigenvalue weighted by atomic mass is 127. The molecule has 0 aromatic heterocycles. The maximum atomic E-state index is 5.23. The maximum Gasteiger partial charge on any atom is 0.191 e. The molecule has 0 aliphatic heterocycles. The van der Waals surface area contributed by atoms with E-state index in [1.165, 1.54) is 38.5 Å². The van der Waals surface area contributed by atoms with Gasteiger partial charge in [-0.15, -0.1) is 24.0 Å². The molecule has 2 aliphatic carbocycles. The first-order valence-corrected chi connectivity index (χ1v) is 9.05. The van der Waals surface area contributed by atoms with Crippen molar-refractivity contribution in [3.63, 3.8) is 0 Å². The minimum atomic E-state index is 0. The zero-order chi connectivity index (χ0) is 16.0. The summed E-state index contributed by atoms with van der Waals surface area (Å²) in [6.07, 6.45) is 9.05. The van der Waals surface area contributed by atoms with Gasteiger partial charge in [0.1, 0.15) is 0 Å². The summed E-state index contributed by atoms with van der Waals surface area (Å²) in [4.78, 5) is 4.41. The zero-order valence-corrected chi connectivity index (χ0v) is 17.7. The maximum absolute atomic E-state index is 5.23. The number of halogens is 1. The Morgan fingerprint density at radius 2 is 1.87 bits per heavy atom. The number of aliphatic imine (C=N–C) groups is 1. The Morgan fingerprint density at radius 3 is 2.35 bits per heavy atom. The molecule has 0 aromatic carbocycles. The molecule has 0 amide bonds. The quantitative estimate of drug-likeness (QED) is 0.362. The third-order valence-corrected chi connectivity index (χ3v) is 5.70. The lowest BCUT2D eigenvalue weighted by atomic mass is 9.80. The summed E-state index contributed by atoms with van der Waals surface area (Å²) < 4.78 is 5.23. The first-order chi connectivity index (χ1) is 10.6. The first kappa shape index (κ1) is 21.0. The second kappa shape index (κ2) is 10.1. The van der Waals surface area contributed by atoms with Gasteiger partial charge < -0.3 is 15.4 Å². The molecule has 2 aliphatic rings. The van der Waals surface area contributed by atoms with E-state index >= 15 is 0 Å². The van der Waals surface area contributed by atoms with Crippen molar-refractivity contribution in [2.45, 2.75) is 64.8 Å². The van der Waals surface area contributed by atoms with Crippen molar-refractivity contribution >= 4 is 29.9 Å². The molecule has 0 heterocycles. The zero-order valence-electron chi connectivity index (χ0n) is 15.4. The van der Waals surface area contributed by atoms with E-state index in [9.17, 15) is 0 Å². The number of guanidine groups is 1. The van der Waals surface area contributed by atoms with Crippen molar-refractivity contribution in [2.24, 2.45) is 22.2 Å². The van der Waals surface area contributed by atoms with Gasteiger partial charge in [-0.1, -0.05) is 13.8 Å². The Kier molecular flexibility index (Phi) is 9.19. The molecule has 0 saturated heterocycles. The van der Waals surface area contributed by atoms with Crippen molar-refractivity contribution < 1.29 is 4.74 Å². The number of methoxy groups -OCH3 is 1. The lowest BCUT2D eigenvalue weighted by molar-refractivity contribution is 0.172. The Morgan fingerprint density at radius 1 is 1.22 bits per heavy atom. The average molecular weight is 437 g/mol. The molecule has 2 saturated carbocycles. The van der Waals surface area contributed by atoms with E-state index in [4.69, 9.17) is 4.74 Å². The fourth-order valence-corrected chi connectivity index (χ4v) is 3.60. The van der Waals surface area contributed by atoms with Gasteiger partial charge in [0.15, 0.2) is 5.96 Å². The van der Waals surface area contributed by atoms with E-state index in [-0.39, 0.29) is 24.0 Å².